The zero-order valence-electron chi connectivity index (χ0n) is 22.6. The Morgan fingerprint density at radius 2 is 1.82 bits per heavy atom. The van der Waals surface area contributed by atoms with Gasteiger partial charge in [-0.1, -0.05) is 0 Å². The average Bonchev–Trinajstić information content (AvgIpc) is 3.73. The van der Waals surface area contributed by atoms with Crippen LogP contribution in [0.3, 0.4) is 0 Å². The number of imidazole rings is 1. The summed E-state index contributed by atoms with van der Waals surface area (Å²) in [6.45, 7) is -1.56. The lowest BCUT2D eigenvalue weighted by atomic mass is 10.1. The first kappa shape index (κ1) is 31.5. The molecular formula is C21H26N9O13P2+. The van der Waals surface area contributed by atoms with Crippen molar-refractivity contribution >= 4 is 50.0 Å². The summed E-state index contributed by atoms with van der Waals surface area (Å²) in [5.41, 5.74) is 10.8. The molecule has 0 aromatic carbocycles. The smallest absolute Gasteiger partial charge is 0.394 e. The van der Waals surface area contributed by atoms with E-state index in [1.54, 1.807) is 6.07 Å². The van der Waals surface area contributed by atoms with Gasteiger partial charge in [-0.05, 0) is 6.07 Å². The Balaban J connectivity index is 1.22. The minimum atomic E-state index is -5.16. The molecule has 0 saturated carbocycles. The lowest BCUT2D eigenvalue weighted by Crippen LogP contribution is -2.36. The van der Waals surface area contributed by atoms with E-state index >= 15 is 0 Å². The van der Waals surface area contributed by atoms with Crippen molar-refractivity contribution in [1.82, 2.24) is 34.1 Å². The van der Waals surface area contributed by atoms with Gasteiger partial charge in [-0.2, -0.15) is 4.98 Å². The third-order valence-electron chi connectivity index (χ3n) is 7.21. The van der Waals surface area contributed by atoms with Crippen molar-refractivity contribution in [3.8, 4) is 0 Å². The number of fused-ring (bicyclic) bond motifs is 2. The molecule has 2 fully saturated rings. The standard InChI is InChI=1S/C21H25N9O13P2/c22-15-7-1-2-29(16(7)25-5-24-15)19-12(33)13(42-44(35)36)9(41-19)4-39-45(37,38)43-14-11(32)8(3-31)40-20(14)30-6-26-10-17(30)27-21(23)28-18(10)34/h1-2,5-6,8-9,11-14,19-20,31-33H,3-4H2,(H6-,22,23,24,25,27,28,34,35,36,37,38)/p+1/t8-,9-,11-,12-,13-,14-,19-,20-/m1/s1. The van der Waals surface area contributed by atoms with Gasteiger partial charge in [-0.25, -0.2) is 19.5 Å². The number of hydrogen-bond acceptors (Lipinski definition) is 17. The van der Waals surface area contributed by atoms with Crippen LogP contribution in [0.4, 0.5) is 11.8 Å². The maximum atomic E-state index is 13.2. The van der Waals surface area contributed by atoms with Crippen LogP contribution in [0.2, 0.25) is 0 Å². The Hall–Kier alpha value is -3.50. The number of nitrogens with zero attached hydrogens (tertiary/aromatic N) is 6. The number of nitrogens with one attached hydrogen (secondary N) is 1. The number of rotatable bonds is 10. The zero-order chi connectivity index (χ0) is 32.2. The third-order valence-corrected chi connectivity index (χ3v) is 8.62. The fraction of sp³-hybridized carbons (Fsp3) is 0.476. The van der Waals surface area contributed by atoms with Crippen molar-refractivity contribution in [3.63, 3.8) is 0 Å². The highest BCUT2D eigenvalue weighted by Crippen LogP contribution is 2.50. The number of aliphatic hydroxyl groups excluding tert-OH is 3. The highest BCUT2D eigenvalue weighted by atomic mass is 31.2. The number of phosphoric ester groups is 1. The first-order valence-corrected chi connectivity index (χ1v) is 15.6. The molecule has 10 atom stereocenters. The number of phosphoric acid groups is 1. The van der Waals surface area contributed by atoms with Gasteiger partial charge in [0.25, 0.3) is 5.56 Å². The molecule has 4 aromatic rings. The Morgan fingerprint density at radius 3 is 2.56 bits per heavy atom. The SMILES string of the molecule is Nc1nc2c(ncn2[C@@H]2O[C@H](CO)[C@@H](O)[C@H]2OP(=O)(O)OC[C@H]2O[C@@H](n3ccc4c(N)ncnc43)[C@H](O)[C@@H]2O[P+](=O)O)c(=O)[nH]1. The Bertz CT molecular complexity index is 1850. The zero-order valence-corrected chi connectivity index (χ0v) is 24.4. The highest BCUT2D eigenvalue weighted by Gasteiger charge is 2.53. The molecule has 0 bridgehead atoms. The average molecular weight is 674 g/mol. The van der Waals surface area contributed by atoms with Gasteiger partial charge in [0.05, 0.1) is 24.9 Å². The molecule has 6 rings (SSSR count). The summed E-state index contributed by atoms with van der Waals surface area (Å²) in [4.78, 5) is 50.5. The number of ether oxygens (including phenoxy) is 2. The van der Waals surface area contributed by atoms with Crippen LogP contribution in [0, 0.1) is 0 Å². The Labute approximate surface area is 250 Å². The molecule has 10 N–H and O–H groups in total. The van der Waals surface area contributed by atoms with E-state index < -0.39 is 83.9 Å². The molecule has 22 nitrogen and oxygen atoms in total. The van der Waals surface area contributed by atoms with Gasteiger partial charge < -0.3 is 45.7 Å². The van der Waals surface area contributed by atoms with Gasteiger partial charge >= 0.3 is 16.1 Å². The minimum absolute atomic E-state index is 0.114. The predicted molar refractivity (Wildman–Crippen MR) is 147 cm³/mol. The van der Waals surface area contributed by atoms with Crippen LogP contribution < -0.4 is 17.0 Å². The van der Waals surface area contributed by atoms with Gasteiger partial charge in [0.15, 0.2) is 29.7 Å². The predicted octanol–water partition coefficient (Wildman–Crippen LogP) is -2.23. The molecule has 242 valence electrons. The van der Waals surface area contributed by atoms with Crippen molar-refractivity contribution < 1.29 is 57.3 Å². The van der Waals surface area contributed by atoms with E-state index in [4.69, 9.17) is 34.5 Å². The molecule has 0 spiro atoms. The van der Waals surface area contributed by atoms with Crippen molar-refractivity contribution in [2.75, 3.05) is 24.7 Å². The quantitative estimate of drug-likeness (QED) is 0.0825. The van der Waals surface area contributed by atoms with E-state index in [1.807, 2.05) is 0 Å². The van der Waals surface area contributed by atoms with Crippen molar-refractivity contribution in [2.24, 2.45) is 0 Å². The molecule has 0 radical (unpaired) electrons. The number of hydrogen-bond donors (Lipinski definition) is 8. The molecule has 45 heavy (non-hydrogen) atoms. The number of aromatic amines is 1. The summed E-state index contributed by atoms with van der Waals surface area (Å²) in [5, 5.41) is 31.8. The first-order chi connectivity index (χ1) is 21.4. The van der Waals surface area contributed by atoms with Crippen molar-refractivity contribution in [3.05, 3.63) is 35.3 Å². The van der Waals surface area contributed by atoms with Crippen molar-refractivity contribution in [2.45, 2.75) is 49.1 Å². The monoisotopic (exact) mass is 674 g/mol. The molecule has 2 aliphatic rings. The van der Waals surface area contributed by atoms with E-state index in [0.717, 1.165) is 10.9 Å². The molecule has 0 amide bonds. The van der Waals surface area contributed by atoms with Crippen LogP contribution in [-0.4, -0.2) is 109 Å². The summed E-state index contributed by atoms with van der Waals surface area (Å²) in [6, 6.07) is 1.55. The fourth-order valence-electron chi connectivity index (χ4n) is 5.20. The lowest BCUT2D eigenvalue weighted by molar-refractivity contribution is -0.0607. The molecule has 0 aliphatic carbocycles. The van der Waals surface area contributed by atoms with Gasteiger partial charge in [-0.15, -0.1) is 9.42 Å². The molecule has 2 aliphatic heterocycles. The Kier molecular flexibility index (Phi) is 8.41. The largest absolute Gasteiger partial charge is 0.695 e. The van der Waals surface area contributed by atoms with E-state index in [1.165, 1.54) is 17.1 Å². The molecule has 6 heterocycles. The highest BCUT2D eigenvalue weighted by molar-refractivity contribution is 7.47. The third kappa shape index (κ3) is 5.83. The normalized spacial score (nSPS) is 30.3. The summed E-state index contributed by atoms with van der Waals surface area (Å²) in [5.74, 6) is -0.132. The molecule has 4 aromatic heterocycles. The van der Waals surface area contributed by atoms with Crippen LogP contribution in [-0.2, 0) is 32.2 Å². The number of anilines is 2. The number of H-pyrrole nitrogens is 1. The topological polar surface area (TPSA) is 328 Å². The van der Waals surface area contributed by atoms with Gasteiger partial charge in [-0.3, -0.25) is 23.4 Å². The number of nitrogen functional groups attached to an aromatic ring is 2. The van der Waals surface area contributed by atoms with Crippen LogP contribution in [0.5, 0.6) is 0 Å². The maximum Gasteiger partial charge on any atom is 0.695 e. The van der Waals surface area contributed by atoms with Gasteiger partial charge in [0.2, 0.25) is 5.95 Å². The first-order valence-electron chi connectivity index (χ1n) is 12.9. The molecule has 24 heteroatoms. The van der Waals surface area contributed by atoms with E-state index in [-0.39, 0.29) is 28.6 Å². The number of nitrogens with two attached hydrogens (primary N) is 2. The van der Waals surface area contributed by atoms with Crippen LogP contribution >= 0.6 is 16.1 Å². The number of aromatic nitrogens is 7. The summed E-state index contributed by atoms with van der Waals surface area (Å²) in [7, 11) is -8.43. The molecular weight excluding hydrogens is 648 g/mol. The van der Waals surface area contributed by atoms with E-state index in [0.29, 0.717) is 5.39 Å². The number of aliphatic hydroxyl groups is 3. The second-order valence-electron chi connectivity index (χ2n) is 9.93. The lowest BCUT2D eigenvalue weighted by Gasteiger charge is -2.24. The van der Waals surface area contributed by atoms with E-state index in [2.05, 4.69) is 24.9 Å². The maximum absolute atomic E-state index is 13.2. The van der Waals surface area contributed by atoms with Gasteiger partial charge in [0.1, 0.15) is 48.3 Å². The van der Waals surface area contributed by atoms with Gasteiger partial charge in [0, 0.05) is 10.8 Å². The minimum Gasteiger partial charge on any atom is -0.394 e. The summed E-state index contributed by atoms with van der Waals surface area (Å²) >= 11 is 0. The van der Waals surface area contributed by atoms with Crippen molar-refractivity contribution in [1.29, 1.82) is 0 Å². The fourth-order valence-corrected chi connectivity index (χ4v) is 6.60. The summed E-state index contributed by atoms with van der Waals surface area (Å²) in [6.07, 6.45) is -8.25. The second-order valence-corrected chi connectivity index (χ2v) is 12.0. The Morgan fingerprint density at radius 1 is 1.07 bits per heavy atom. The van der Waals surface area contributed by atoms with Crippen LogP contribution in [0.15, 0.2) is 29.7 Å². The molecule has 2 unspecified atom stereocenters. The molecule has 2 saturated heterocycles. The van der Waals surface area contributed by atoms with Crippen LogP contribution in [0.1, 0.15) is 12.5 Å². The van der Waals surface area contributed by atoms with Crippen LogP contribution in [0.25, 0.3) is 22.2 Å². The van der Waals surface area contributed by atoms with E-state index in [9.17, 15) is 39.0 Å². The second kappa shape index (κ2) is 12.0. The summed E-state index contributed by atoms with van der Waals surface area (Å²) < 4.78 is 54.0.